The Morgan fingerprint density at radius 3 is 2.33 bits per heavy atom. The summed E-state index contributed by atoms with van der Waals surface area (Å²) in [6, 6.07) is 9.79. The highest BCUT2D eigenvalue weighted by Gasteiger charge is 2.05. The number of carbonyl (C=O) groups excluding carboxylic acids is 1. The monoisotopic (exact) mass is 308 g/mol. The number of rotatable bonds is 3. The molecule has 2 rings (SSSR count). The van der Waals surface area contributed by atoms with Crippen molar-refractivity contribution in [3.63, 3.8) is 0 Å². The minimum absolute atomic E-state index is 0.0346. The smallest absolute Gasteiger partial charge is 0.289 e. The lowest BCUT2D eigenvalue weighted by atomic mass is 10.3. The van der Waals surface area contributed by atoms with Gasteiger partial charge in [0.2, 0.25) is 5.91 Å². The lowest BCUT2D eigenvalue weighted by Crippen LogP contribution is -2.26. The first-order valence-corrected chi connectivity index (χ1v) is 6.86. The molecule has 0 aliphatic carbocycles. The Kier molecular flexibility index (Phi) is 6.49. The standard InChI is InChI=1S/C13H11ClN2O3.C2H6/c1-9(17)15-10-2-4-11(5-3-10)19-12-6-7-16(18)13(14)8-12;1-2/h2-8H,1H3,(H,15,17);1-2H3. The summed E-state index contributed by atoms with van der Waals surface area (Å²) in [5.74, 6) is 0.904. The van der Waals surface area contributed by atoms with Crippen molar-refractivity contribution >= 4 is 23.2 Å². The van der Waals surface area contributed by atoms with E-state index in [1.165, 1.54) is 25.3 Å². The maximum absolute atomic E-state index is 11.1. The minimum atomic E-state index is -0.136. The molecule has 1 aromatic heterocycles. The van der Waals surface area contributed by atoms with Gasteiger partial charge in [-0.05, 0) is 35.9 Å². The summed E-state index contributed by atoms with van der Waals surface area (Å²) in [7, 11) is 0. The van der Waals surface area contributed by atoms with Crippen molar-refractivity contribution in [1.82, 2.24) is 0 Å². The Morgan fingerprint density at radius 2 is 1.81 bits per heavy atom. The van der Waals surface area contributed by atoms with Crippen LogP contribution in [0.15, 0.2) is 42.6 Å². The van der Waals surface area contributed by atoms with Crippen LogP contribution in [0.4, 0.5) is 5.69 Å². The Balaban J connectivity index is 0.00000106. The average molecular weight is 309 g/mol. The van der Waals surface area contributed by atoms with Crippen molar-refractivity contribution in [3.05, 3.63) is 53.0 Å². The van der Waals surface area contributed by atoms with Gasteiger partial charge >= 0.3 is 0 Å². The molecule has 1 N–H and O–H groups in total. The van der Waals surface area contributed by atoms with Gasteiger partial charge in [-0.15, -0.1) is 0 Å². The first kappa shape index (κ1) is 16.8. The van der Waals surface area contributed by atoms with E-state index in [9.17, 15) is 10.0 Å². The molecule has 1 heterocycles. The van der Waals surface area contributed by atoms with Crippen molar-refractivity contribution in [2.45, 2.75) is 20.8 Å². The predicted molar refractivity (Wildman–Crippen MR) is 82.6 cm³/mol. The molecule has 0 saturated heterocycles. The molecule has 0 spiro atoms. The maximum Gasteiger partial charge on any atom is 0.289 e. The molecule has 0 unspecified atom stereocenters. The average Bonchev–Trinajstić information content (AvgIpc) is 2.47. The van der Waals surface area contributed by atoms with Crippen LogP contribution in [0.3, 0.4) is 0 Å². The van der Waals surface area contributed by atoms with E-state index in [2.05, 4.69) is 5.32 Å². The van der Waals surface area contributed by atoms with Gasteiger partial charge in [0.25, 0.3) is 5.15 Å². The molecule has 0 saturated carbocycles. The van der Waals surface area contributed by atoms with Crippen molar-refractivity contribution < 1.29 is 14.3 Å². The van der Waals surface area contributed by atoms with E-state index in [1.807, 2.05) is 13.8 Å². The van der Waals surface area contributed by atoms with Gasteiger partial charge in [0.05, 0.1) is 6.07 Å². The SMILES string of the molecule is CC.CC(=O)Nc1ccc(Oc2cc[n+]([O-])c(Cl)c2)cc1. The molecule has 0 aliphatic heterocycles. The zero-order valence-corrected chi connectivity index (χ0v) is 12.8. The highest BCUT2D eigenvalue weighted by atomic mass is 35.5. The Morgan fingerprint density at radius 1 is 1.19 bits per heavy atom. The van der Waals surface area contributed by atoms with Crippen LogP contribution >= 0.6 is 11.6 Å². The highest BCUT2D eigenvalue weighted by molar-refractivity contribution is 6.28. The fraction of sp³-hybridized carbons (Fsp3) is 0.200. The molecule has 6 heteroatoms. The maximum atomic E-state index is 11.1. The van der Waals surface area contributed by atoms with E-state index in [0.29, 0.717) is 21.9 Å². The number of halogens is 1. The highest BCUT2D eigenvalue weighted by Crippen LogP contribution is 2.23. The van der Waals surface area contributed by atoms with Gasteiger partial charge in [0.1, 0.15) is 11.5 Å². The Labute approximate surface area is 128 Å². The number of hydrogen-bond acceptors (Lipinski definition) is 3. The molecule has 112 valence electrons. The molecule has 0 aliphatic rings. The summed E-state index contributed by atoms with van der Waals surface area (Å²) in [4.78, 5) is 10.9. The summed E-state index contributed by atoms with van der Waals surface area (Å²) in [5.41, 5.74) is 0.684. The molecule has 0 atom stereocenters. The number of anilines is 1. The van der Waals surface area contributed by atoms with Crippen LogP contribution in [0.25, 0.3) is 0 Å². The number of pyridine rings is 1. The van der Waals surface area contributed by atoms with Crippen LogP contribution in [0.2, 0.25) is 5.15 Å². The molecule has 0 fully saturated rings. The molecule has 2 aromatic rings. The third-order valence-corrected chi connectivity index (χ3v) is 2.53. The van der Waals surface area contributed by atoms with E-state index in [-0.39, 0.29) is 11.1 Å². The molecule has 1 amide bonds. The number of benzene rings is 1. The normalized spacial score (nSPS) is 9.33. The van der Waals surface area contributed by atoms with Crippen LogP contribution in [0.5, 0.6) is 11.5 Å². The van der Waals surface area contributed by atoms with Crippen molar-refractivity contribution in [3.8, 4) is 11.5 Å². The second kappa shape index (κ2) is 8.11. The lowest BCUT2D eigenvalue weighted by molar-refractivity contribution is -0.603. The summed E-state index contributed by atoms with van der Waals surface area (Å²) in [5, 5.41) is 13.7. The predicted octanol–water partition coefficient (Wildman–Crippen LogP) is 3.75. The van der Waals surface area contributed by atoms with Crippen molar-refractivity contribution in [2.24, 2.45) is 0 Å². The van der Waals surface area contributed by atoms with Gasteiger partial charge in [0, 0.05) is 18.7 Å². The van der Waals surface area contributed by atoms with E-state index >= 15 is 0 Å². The molecule has 5 nitrogen and oxygen atoms in total. The molecule has 21 heavy (non-hydrogen) atoms. The molecule has 1 aromatic carbocycles. The van der Waals surface area contributed by atoms with Crippen LogP contribution in [-0.4, -0.2) is 5.91 Å². The minimum Gasteiger partial charge on any atom is -0.618 e. The van der Waals surface area contributed by atoms with Crippen LogP contribution in [0, 0.1) is 5.21 Å². The summed E-state index contributed by atoms with van der Waals surface area (Å²) < 4.78 is 6.06. The third kappa shape index (κ3) is 5.31. The number of amides is 1. The van der Waals surface area contributed by atoms with Gasteiger partial charge in [-0.1, -0.05) is 13.8 Å². The van der Waals surface area contributed by atoms with E-state index in [4.69, 9.17) is 16.3 Å². The van der Waals surface area contributed by atoms with Gasteiger partial charge in [-0.3, -0.25) is 4.79 Å². The van der Waals surface area contributed by atoms with E-state index < -0.39 is 0 Å². The van der Waals surface area contributed by atoms with Crippen LogP contribution in [0.1, 0.15) is 20.8 Å². The molecule has 0 radical (unpaired) electrons. The van der Waals surface area contributed by atoms with Crippen molar-refractivity contribution in [2.75, 3.05) is 5.32 Å². The lowest BCUT2D eigenvalue weighted by Gasteiger charge is -2.07. The quantitative estimate of drug-likeness (QED) is 0.533. The number of nitrogens with one attached hydrogen (secondary N) is 1. The Bertz CT molecular complexity index is 600. The second-order valence-electron chi connectivity index (χ2n) is 3.82. The van der Waals surface area contributed by atoms with Gasteiger partial charge in [-0.25, -0.2) is 0 Å². The van der Waals surface area contributed by atoms with E-state index in [1.54, 1.807) is 24.3 Å². The number of carbonyl (C=O) groups is 1. The first-order chi connectivity index (χ1) is 10.0. The number of ether oxygens (including phenoxy) is 1. The number of aromatic nitrogens is 1. The number of hydrogen-bond donors (Lipinski definition) is 1. The van der Waals surface area contributed by atoms with Gasteiger partial charge in [-0.2, -0.15) is 4.73 Å². The third-order valence-electron chi connectivity index (χ3n) is 2.26. The Hall–Kier alpha value is -2.27. The van der Waals surface area contributed by atoms with Crippen molar-refractivity contribution in [1.29, 1.82) is 0 Å². The summed E-state index contributed by atoms with van der Waals surface area (Å²) in [6.45, 7) is 5.44. The first-order valence-electron chi connectivity index (χ1n) is 6.49. The second-order valence-corrected chi connectivity index (χ2v) is 4.21. The summed E-state index contributed by atoms with van der Waals surface area (Å²) in [6.07, 6.45) is 1.27. The molecular formula is C15H17ClN2O3. The topological polar surface area (TPSA) is 65.3 Å². The zero-order chi connectivity index (χ0) is 15.8. The van der Waals surface area contributed by atoms with Crippen LogP contribution < -0.4 is 14.8 Å². The van der Waals surface area contributed by atoms with E-state index in [0.717, 1.165) is 0 Å². The zero-order valence-electron chi connectivity index (χ0n) is 12.1. The summed E-state index contributed by atoms with van der Waals surface area (Å²) >= 11 is 5.69. The number of nitrogens with zero attached hydrogens (tertiary/aromatic N) is 1. The fourth-order valence-electron chi connectivity index (χ4n) is 1.45. The van der Waals surface area contributed by atoms with Gasteiger partial charge < -0.3 is 15.3 Å². The van der Waals surface area contributed by atoms with Crippen LogP contribution in [-0.2, 0) is 4.79 Å². The molecular weight excluding hydrogens is 292 g/mol. The molecule has 0 bridgehead atoms. The van der Waals surface area contributed by atoms with Gasteiger partial charge in [0.15, 0.2) is 6.20 Å². The fourth-order valence-corrected chi connectivity index (χ4v) is 1.61. The largest absolute Gasteiger partial charge is 0.618 e.